The molecule has 132 valence electrons. The minimum Gasteiger partial charge on any atom is -0.384 e. The van der Waals surface area contributed by atoms with Crippen molar-refractivity contribution in [2.75, 3.05) is 46.2 Å². The van der Waals surface area contributed by atoms with E-state index < -0.39 is 10.0 Å². The summed E-state index contributed by atoms with van der Waals surface area (Å²) >= 11 is 0. The van der Waals surface area contributed by atoms with Crippen molar-refractivity contribution in [3.63, 3.8) is 0 Å². The van der Waals surface area contributed by atoms with Crippen LogP contribution in [-0.4, -0.2) is 79.6 Å². The second-order valence-corrected chi connectivity index (χ2v) is 8.63. The van der Waals surface area contributed by atoms with Gasteiger partial charge < -0.3 is 9.64 Å². The molecule has 2 atom stereocenters. The third-order valence-corrected chi connectivity index (χ3v) is 6.31. The van der Waals surface area contributed by atoms with Crippen molar-refractivity contribution in [1.82, 2.24) is 19.2 Å². The number of likely N-dealkylation sites (tertiary alicyclic amines) is 1. The molecule has 0 unspecified atom stereocenters. The SMILES string of the molecule is COC[C@@]12CCN(C(=O)c3ccncn3)C[C@@H]1CN(S(C)(=O)=O)C2. The topological polar surface area (TPSA) is 92.7 Å². The zero-order chi connectivity index (χ0) is 17.4. The van der Waals surface area contributed by atoms with E-state index in [4.69, 9.17) is 4.74 Å². The fourth-order valence-corrected chi connectivity index (χ4v) is 4.72. The van der Waals surface area contributed by atoms with Crippen molar-refractivity contribution in [1.29, 1.82) is 0 Å². The lowest BCUT2D eigenvalue weighted by Gasteiger charge is -2.43. The maximum atomic E-state index is 12.6. The Bertz CT molecular complexity index is 711. The molecule has 0 radical (unpaired) electrons. The molecule has 0 spiro atoms. The molecule has 0 saturated carbocycles. The van der Waals surface area contributed by atoms with Crippen LogP contribution >= 0.6 is 0 Å². The van der Waals surface area contributed by atoms with Crippen LogP contribution in [0.4, 0.5) is 0 Å². The molecule has 8 nitrogen and oxygen atoms in total. The molecule has 0 aliphatic carbocycles. The molecule has 0 bridgehead atoms. The molecule has 2 aliphatic rings. The van der Waals surface area contributed by atoms with E-state index in [0.29, 0.717) is 44.9 Å². The summed E-state index contributed by atoms with van der Waals surface area (Å²) in [6.45, 7) is 2.47. The fraction of sp³-hybridized carbons (Fsp3) is 0.667. The standard InChI is InChI=1S/C15H22N4O4S/c1-23-10-15-4-6-18(14(20)13-3-5-16-11-17-13)7-12(15)8-19(9-15)24(2,21)22/h3,5,11-12H,4,6-10H2,1-2H3/t12-,15+/m1/s1. The van der Waals surface area contributed by atoms with Gasteiger partial charge in [-0.1, -0.05) is 0 Å². The van der Waals surface area contributed by atoms with Crippen LogP contribution in [0.3, 0.4) is 0 Å². The molecule has 3 heterocycles. The van der Waals surface area contributed by atoms with E-state index in [-0.39, 0.29) is 17.2 Å². The molecule has 3 rings (SSSR count). The summed E-state index contributed by atoms with van der Waals surface area (Å²) in [6, 6.07) is 1.59. The van der Waals surface area contributed by atoms with E-state index in [0.717, 1.165) is 0 Å². The van der Waals surface area contributed by atoms with Crippen molar-refractivity contribution in [2.45, 2.75) is 6.42 Å². The van der Waals surface area contributed by atoms with E-state index in [9.17, 15) is 13.2 Å². The highest BCUT2D eigenvalue weighted by Gasteiger charge is 2.52. The molecule has 1 aromatic rings. The largest absolute Gasteiger partial charge is 0.384 e. The van der Waals surface area contributed by atoms with E-state index in [1.165, 1.54) is 16.9 Å². The maximum absolute atomic E-state index is 12.6. The molecular weight excluding hydrogens is 332 g/mol. The van der Waals surface area contributed by atoms with Gasteiger partial charge in [-0.15, -0.1) is 0 Å². The first-order valence-electron chi connectivity index (χ1n) is 7.85. The summed E-state index contributed by atoms with van der Waals surface area (Å²) in [6.07, 6.45) is 4.84. The second kappa shape index (κ2) is 6.38. The number of fused-ring (bicyclic) bond motifs is 1. The van der Waals surface area contributed by atoms with Crippen molar-refractivity contribution in [2.24, 2.45) is 11.3 Å². The number of rotatable bonds is 4. The molecular formula is C15H22N4O4S. The lowest BCUT2D eigenvalue weighted by Crippen LogP contribution is -2.51. The van der Waals surface area contributed by atoms with E-state index in [1.54, 1.807) is 24.3 Å². The molecule has 9 heteroatoms. The number of piperidine rings is 1. The average Bonchev–Trinajstić information content (AvgIpc) is 2.94. The number of aromatic nitrogens is 2. The Hall–Kier alpha value is -1.58. The Labute approximate surface area is 141 Å². The third-order valence-electron chi connectivity index (χ3n) is 5.09. The number of hydrogen-bond donors (Lipinski definition) is 0. The lowest BCUT2D eigenvalue weighted by molar-refractivity contribution is 0.00322. The molecule has 2 saturated heterocycles. The normalized spacial score (nSPS) is 27.9. The average molecular weight is 354 g/mol. The number of carbonyl (C=O) groups excluding carboxylic acids is 1. The number of nitrogens with zero attached hydrogens (tertiary/aromatic N) is 4. The Kier molecular flexibility index (Phi) is 4.58. The van der Waals surface area contributed by atoms with Gasteiger partial charge in [-0.25, -0.2) is 22.7 Å². The number of ether oxygens (including phenoxy) is 1. The van der Waals surface area contributed by atoms with Crippen molar-refractivity contribution < 1.29 is 17.9 Å². The van der Waals surface area contributed by atoms with Crippen molar-refractivity contribution >= 4 is 15.9 Å². The van der Waals surface area contributed by atoms with Crippen LogP contribution in [0.5, 0.6) is 0 Å². The fourth-order valence-electron chi connectivity index (χ4n) is 3.77. The first-order chi connectivity index (χ1) is 11.4. The minimum absolute atomic E-state index is 0.0618. The summed E-state index contributed by atoms with van der Waals surface area (Å²) in [4.78, 5) is 22.2. The van der Waals surface area contributed by atoms with Crippen LogP contribution in [0.15, 0.2) is 18.6 Å². The number of sulfonamides is 1. The van der Waals surface area contributed by atoms with Gasteiger partial charge in [0.1, 0.15) is 12.0 Å². The first kappa shape index (κ1) is 17.2. The Morgan fingerprint density at radius 1 is 1.46 bits per heavy atom. The number of carbonyl (C=O) groups is 1. The van der Waals surface area contributed by atoms with Gasteiger partial charge >= 0.3 is 0 Å². The van der Waals surface area contributed by atoms with Gasteiger partial charge in [0.25, 0.3) is 5.91 Å². The smallest absolute Gasteiger partial charge is 0.272 e. The Balaban J connectivity index is 1.80. The molecule has 24 heavy (non-hydrogen) atoms. The maximum Gasteiger partial charge on any atom is 0.272 e. The highest BCUT2D eigenvalue weighted by Crippen LogP contribution is 2.44. The van der Waals surface area contributed by atoms with Gasteiger partial charge in [0.2, 0.25) is 10.0 Å². The molecule has 2 aliphatic heterocycles. The van der Waals surface area contributed by atoms with Crippen LogP contribution in [0, 0.1) is 11.3 Å². The van der Waals surface area contributed by atoms with Crippen LogP contribution in [0.25, 0.3) is 0 Å². The van der Waals surface area contributed by atoms with Crippen LogP contribution < -0.4 is 0 Å². The van der Waals surface area contributed by atoms with Gasteiger partial charge in [0.05, 0.1) is 12.9 Å². The second-order valence-electron chi connectivity index (χ2n) is 6.64. The van der Waals surface area contributed by atoms with Crippen molar-refractivity contribution in [3.8, 4) is 0 Å². The summed E-state index contributed by atoms with van der Waals surface area (Å²) in [5.41, 5.74) is 0.141. The first-order valence-corrected chi connectivity index (χ1v) is 9.70. The molecule has 0 N–H and O–H groups in total. The van der Waals surface area contributed by atoms with Gasteiger partial charge in [0, 0.05) is 44.9 Å². The Morgan fingerprint density at radius 3 is 2.88 bits per heavy atom. The number of methoxy groups -OCH3 is 1. The minimum atomic E-state index is -3.25. The van der Waals surface area contributed by atoms with Crippen LogP contribution in [-0.2, 0) is 14.8 Å². The van der Waals surface area contributed by atoms with Gasteiger partial charge in [0.15, 0.2) is 0 Å². The molecule has 2 fully saturated rings. The predicted molar refractivity (Wildman–Crippen MR) is 86.8 cm³/mol. The Morgan fingerprint density at radius 2 is 2.25 bits per heavy atom. The molecule has 1 amide bonds. The van der Waals surface area contributed by atoms with Gasteiger partial charge in [-0.2, -0.15) is 0 Å². The summed E-state index contributed by atoms with van der Waals surface area (Å²) in [5.74, 6) is -0.0760. The monoisotopic (exact) mass is 354 g/mol. The van der Waals surface area contributed by atoms with Crippen molar-refractivity contribution in [3.05, 3.63) is 24.3 Å². The lowest BCUT2D eigenvalue weighted by atomic mass is 9.73. The molecule has 0 aromatic carbocycles. The highest BCUT2D eigenvalue weighted by atomic mass is 32.2. The van der Waals surface area contributed by atoms with Crippen LogP contribution in [0.2, 0.25) is 0 Å². The highest BCUT2D eigenvalue weighted by molar-refractivity contribution is 7.88. The molecule has 1 aromatic heterocycles. The quantitative estimate of drug-likeness (QED) is 0.746. The van der Waals surface area contributed by atoms with E-state index in [1.807, 2.05) is 0 Å². The van der Waals surface area contributed by atoms with E-state index in [2.05, 4.69) is 9.97 Å². The van der Waals surface area contributed by atoms with Crippen LogP contribution in [0.1, 0.15) is 16.9 Å². The number of hydrogen-bond acceptors (Lipinski definition) is 6. The van der Waals surface area contributed by atoms with Gasteiger partial charge in [-0.3, -0.25) is 4.79 Å². The van der Waals surface area contributed by atoms with Gasteiger partial charge in [-0.05, 0) is 18.4 Å². The summed E-state index contributed by atoms with van der Waals surface area (Å²) in [5, 5.41) is 0. The third kappa shape index (κ3) is 3.15. The zero-order valence-corrected chi connectivity index (χ0v) is 14.7. The summed E-state index contributed by atoms with van der Waals surface area (Å²) in [7, 11) is -1.62. The summed E-state index contributed by atoms with van der Waals surface area (Å²) < 4.78 is 30.8. The predicted octanol–water partition coefficient (Wildman–Crippen LogP) is -0.153. The number of amides is 1. The zero-order valence-electron chi connectivity index (χ0n) is 13.9. The van der Waals surface area contributed by atoms with E-state index >= 15 is 0 Å².